The second kappa shape index (κ2) is 4.49. The maximum atomic E-state index is 2.77. The summed E-state index contributed by atoms with van der Waals surface area (Å²) >= 11 is 0. The van der Waals surface area contributed by atoms with Gasteiger partial charge in [-0.05, 0) is 62.1 Å². The molecule has 0 N–H and O–H groups in total. The second-order valence-electron chi connectivity index (χ2n) is 7.81. The summed E-state index contributed by atoms with van der Waals surface area (Å²) in [5.41, 5.74) is 3.61. The molecule has 2 nitrogen and oxygen atoms in total. The van der Waals surface area contributed by atoms with Gasteiger partial charge in [-0.3, -0.25) is 4.90 Å². The quantitative estimate of drug-likeness (QED) is 0.838. The number of rotatable bonds is 3. The van der Waals surface area contributed by atoms with Crippen molar-refractivity contribution in [3.8, 4) is 0 Å². The first-order valence-corrected chi connectivity index (χ1v) is 8.95. The number of piperidine rings is 2. The highest BCUT2D eigenvalue weighted by Crippen LogP contribution is 2.60. The normalized spacial score (nSPS) is 35.8. The molecule has 2 heterocycles. The average Bonchev–Trinajstić information content (AvgIpc) is 3.47. The molecule has 21 heavy (non-hydrogen) atoms. The molecule has 0 bridgehead atoms. The van der Waals surface area contributed by atoms with E-state index in [1.165, 1.54) is 70.4 Å². The minimum absolute atomic E-state index is 0.545. The first-order chi connectivity index (χ1) is 10.4. The minimum Gasteiger partial charge on any atom is -0.372 e. The van der Waals surface area contributed by atoms with Crippen molar-refractivity contribution in [3.63, 3.8) is 0 Å². The SMILES string of the molecule is c1cc(C23CC2CN(C2CC2)C3)ccc1N1CCCCC1. The summed E-state index contributed by atoms with van der Waals surface area (Å²) in [6, 6.07) is 10.6. The third-order valence-corrected chi connectivity index (χ3v) is 6.40. The van der Waals surface area contributed by atoms with Crippen LogP contribution in [0.3, 0.4) is 0 Å². The van der Waals surface area contributed by atoms with Gasteiger partial charge < -0.3 is 4.90 Å². The first-order valence-electron chi connectivity index (χ1n) is 8.95. The lowest BCUT2D eigenvalue weighted by Crippen LogP contribution is -2.29. The third-order valence-electron chi connectivity index (χ3n) is 6.40. The van der Waals surface area contributed by atoms with Crippen LogP contribution in [-0.2, 0) is 5.41 Å². The fourth-order valence-corrected chi connectivity index (χ4v) is 4.84. The van der Waals surface area contributed by atoms with Crippen molar-refractivity contribution >= 4 is 5.69 Å². The van der Waals surface area contributed by atoms with Crippen molar-refractivity contribution in [2.75, 3.05) is 31.1 Å². The molecule has 4 aliphatic rings. The predicted octanol–water partition coefficient (Wildman–Crippen LogP) is 3.41. The van der Waals surface area contributed by atoms with E-state index in [0.717, 1.165) is 12.0 Å². The van der Waals surface area contributed by atoms with Crippen molar-refractivity contribution in [2.24, 2.45) is 5.92 Å². The molecule has 0 aromatic heterocycles. The smallest absolute Gasteiger partial charge is 0.0366 e. The molecule has 1 aromatic rings. The second-order valence-corrected chi connectivity index (χ2v) is 7.81. The fraction of sp³-hybridized carbons (Fsp3) is 0.684. The number of benzene rings is 1. The highest BCUT2D eigenvalue weighted by molar-refractivity contribution is 5.51. The summed E-state index contributed by atoms with van der Waals surface area (Å²) < 4.78 is 0. The van der Waals surface area contributed by atoms with Crippen molar-refractivity contribution in [1.29, 1.82) is 0 Å². The zero-order valence-corrected chi connectivity index (χ0v) is 12.9. The number of nitrogens with zero attached hydrogens (tertiary/aromatic N) is 2. The van der Waals surface area contributed by atoms with Crippen LogP contribution >= 0.6 is 0 Å². The molecule has 2 atom stereocenters. The highest BCUT2D eigenvalue weighted by atomic mass is 15.2. The molecule has 0 spiro atoms. The zero-order valence-electron chi connectivity index (χ0n) is 12.9. The molecular weight excluding hydrogens is 256 g/mol. The number of hydrogen-bond donors (Lipinski definition) is 0. The Labute approximate surface area is 128 Å². The summed E-state index contributed by atoms with van der Waals surface area (Å²) in [6.45, 7) is 5.22. The van der Waals surface area contributed by atoms with Crippen LogP contribution in [0.5, 0.6) is 0 Å². The van der Waals surface area contributed by atoms with Crippen LogP contribution in [0.25, 0.3) is 0 Å². The van der Waals surface area contributed by atoms with Gasteiger partial charge in [0.2, 0.25) is 0 Å². The summed E-state index contributed by atoms with van der Waals surface area (Å²) in [5, 5.41) is 0. The lowest BCUT2D eigenvalue weighted by atomic mass is 9.94. The van der Waals surface area contributed by atoms with Crippen molar-refractivity contribution in [1.82, 2.24) is 4.90 Å². The fourth-order valence-electron chi connectivity index (χ4n) is 4.84. The third kappa shape index (κ3) is 2.03. The predicted molar refractivity (Wildman–Crippen MR) is 86.9 cm³/mol. The van der Waals surface area contributed by atoms with Gasteiger partial charge >= 0.3 is 0 Å². The molecule has 1 aromatic carbocycles. The van der Waals surface area contributed by atoms with E-state index < -0.39 is 0 Å². The molecule has 4 fully saturated rings. The number of fused-ring (bicyclic) bond motifs is 1. The monoisotopic (exact) mass is 282 g/mol. The van der Waals surface area contributed by atoms with Crippen molar-refractivity contribution in [2.45, 2.75) is 50.0 Å². The van der Waals surface area contributed by atoms with E-state index in [1.807, 2.05) is 0 Å². The number of likely N-dealkylation sites (tertiary alicyclic amines) is 1. The van der Waals surface area contributed by atoms with Gasteiger partial charge in [0.1, 0.15) is 0 Å². The standard InChI is InChI=1S/C19H26N2/c1-2-10-20(11-3-1)17-6-4-15(5-7-17)19-12-16(19)13-21(14-19)18-8-9-18/h4-7,16,18H,1-3,8-14H2. The van der Waals surface area contributed by atoms with E-state index >= 15 is 0 Å². The summed E-state index contributed by atoms with van der Waals surface area (Å²) in [4.78, 5) is 5.34. The first kappa shape index (κ1) is 12.5. The Bertz CT molecular complexity index is 527. The van der Waals surface area contributed by atoms with Gasteiger partial charge in [0.25, 0.3) is 0 Å². The molecule has 2 aliphatic heterocycles. The minimum atomic E-state index is 0.545. The van der Waals surface area contributed by atoms with Crippen molar-refractivity contribution in [3.05, 3.63) is 29.8 Å². The Morgan fingerprint density at radius 2 is 1.71 bits per heavy atom. The van der Waals surface area contributed by atoms with E-state index in [1.54, 1.807) is 5.56 Å². The van der Waals surface area contributed by atoms with E-state index in [0.29, 0.717) is 5.41 Å². The average molecular weight is 282 g/mol. The van der Waals surface area contributed by atoms with E-state index in [-0.39, 0.29) is 0 Å². The van der Waals surface area contributed by atoms with Gasteiger partial charge in [-0.25, -0.2) is 0 Å². The molecule has 0 amide bonds. The Morgan fingerprint density at radius 1 is 0.952 bits per heavy atom. The largest absolute Gasteiger partial charge is 0.372 e. The van der Waals surface area contributed by atoms with Crippen LogP contribution < -0.4 is 4.90 Å². The van der Waals surface area contributed by atoms with Crippen LogP contribution in [0.4, 0.5) is 5.69 Å². The summed E-state index contributed by atoms with van der Waals surface area (Å²) in [6.07, 6.45) is 8.50. The Morgan fingerprint density at radius 3 is 2.43 bits per heavy atom. The molecular formula is C19H26N2. The molecule has 5 rings (SSSR count). The Balaban J connectivity index is 1.34. The van der Waals surface area contributed by atoms with Gasteiger partial charge in [-0.15, -0.1) is 0 Å². The van der Waals surface area contributed by atoms with E-state index in [9.17, 15) is 0 Å². The number of anilines is 1. The Hall–Kier alpha value is -1.02. The van der Waals surface area contributed by atoms with Gasteiger partial charge in [0.05, 0.1) is 0 Å². The van der Waals surface area contributed by atoms with Crippen LogP contribution in [0.2, 0.25) is 0 Å². The van der Waals surface area contributed by atoms with E-state index in [4.69, 9.17) is 0 Å². The van der Waals surface area contributed by atoms with Crippen LogP contribution in [0.15, 0.2) is 24.3 Å². The maximum absolute atomic E-state index is 2.77. The van der Waals surface area contributed by atoms with Gasteiger partial charge in [-0.1, -0.05) is 12.1 Å². The topological polar surface area (TPSA) is 6.48 Å². The van der Waals surface area contributed by atoms with Gasteiger partial charge in [0, 0.05) is 43.3 Å². The number of hydrogen-bond acceptors (Lipinski definition) is 2. The molecule has 2 aliphatic carbocycles. The summed E-state index contributed by atoms with van der Waals surface area (Å²) in [5.74, 6) is 0.957. The molecule has 112 valence electrons. The zero-order chi connectivity index (χ0) is 13.9. The lowest BCUT2D eigenvalue weighted by Gasteiger charge is -2.29. The lowest BCUT2D eigenvalue weighted by molar-refractivity contribution is 0.288. The van der Waals surface area contributed by atoms with E-state index in [2.05, 4.69) is 34.1 Å². The molecule has 0 radical (unpaired) electrons. The molecule has 2 unspecified atom stereocenters. The van der Waals surface area contributed by atoms with Crippen LogP contribution in [-0.4, -0.2) is 37.1 Å². The molecule has 2 saturated heterocycles. The van der Waals surface area contributed by atoms with Gasteiger partial charge in [0.15, 0.2) is 0 Å². The van der Waals surface area contributed by atoms with Gasteiger partial charge in [-0.2, -0.15) is 0 Å². The highest BCUT2D eigenvalue weighted by Gasteiger charge is 2.62. The van der Waals surface area contributed by atoms with Crippen LogP contribution in [0.1, 0.15) is 44.1 Å². The summed E-state index contributed by atoms with van der Waals surface area (Å²) in [7, 11) is 0. The maximum Gasteiger partial charge on any atom is 0.0366 e. The molecule has 2 saturated carbocycles. The Kier molecular flexibility index (Phi) is 2.67. The van der Waals surface area contributed by atoms with Crippen molar-refractivity contribution < 1.29 is 0 Å². The van der Waals surface area contributed by atoms with Crippen LogP contribution in [0, 0.1) is 5.92 Å². The molecule has 2 heteroatoms.